The van der Waals surface area contributed by atoms with Gasteiger partial charge in [-0.25, -0.2) is 0 Å². The molecule has 0 spiro atoms. The first kappa shape index (κ1) is 16.0. The molecule has 2 heterocycles. The molecule has 2 N–H and O–H groups in total. The van der Waals surface area contributed by atoms with E-state index in [1.165, 1.54) is 23.7 Å². The highest BCUT2D eigenvalue weighted by Gasteiger charge is 2.36. The molecular weight excluding hydrogens is 324 g/mol. The van der Waals surface area contributed by atoms with E-state index in [9.17, 15) is 9.90 Å². The largest absolute Gasteiger partial charge is 0.466 e. The fourth-order valence-electron chi connectivity index (χ4n) is 2.36. The van der Waals surface area contributed by atoms with Crippen LogP contribution in [-0.2, 0) is 5.60 Å². The summed E-state index contributed by atoms with van der Waals surface area (Å²) in [4.78, 5) is 13.0. The lowest BCUT2D eigenvalue weighted by atomic mass is 9.98. The molecule has 0 unspecified atom stereocenters. The molecule has 6 heteroatoms. The topological polar surface area (TPSA) is 86.3 Å². The molecule has 2 aromatic heterocycles. The number of hydrogen-bond donors (Lipinski definition) is 2. The highest BCUT2D eigenvalue weighted by Crippen LogP contribution is 2.32. The molecule has 3 rings (SSSR count). The molecule has 1 aromatic carbocycles. The summed E-state index contributed by atoms with van der Waals surface area (Å²) < 4.78 is 5.36. The van der Waals surface area contributed by atoms with E-state index in [0.29, 0.717) is 21.8 Å². The molecule has 1 atom stereocenters. The third kappa shape index (κ3) is 3.08. The van der Waals surface area contributed by atoms with E-state index in [1.54, 1.807) is 36.4 Å². The lowest BCUT2D eigenvalue weighted by Gasteiger charge is -2.25. The van der Waals surface area contributed by atoms with Gasteiger partial charge in [-0.3, -0.25) is 4.79 Å². The van der Waals surface area contributed by atoms with Crippen LogP contribution in [0.1, 0.15) is 26.6 Å². The van der Waals surface area contributed by atoms with Crippen LogP contribution in [0.5, 0.6) is 0 Å². The normalized spacial score (nSPS) is 13.0. The van der Waals surface area contributed by atoms with Crippen LogP contribution in [0.25, 0.3) is 0 Å². The number of amides is 1. The van der Waals surface area contributed by atoms with Crippen LogP contribution in [0.2, 0.25) is 0 Å². The first-order valence-corrected chi connectivity index (χ1v) is 8.10. The Balaban J connectivity index is 1.82. The van der Waals surface area contributed by atoms with Crippen LogP contribution in [0.15, 0.2) is 64.6 Å². The maximum absolute atomic E-state index is 12.3. The second-order valence-corrected chi connectivity index (χ2v) is 6.14. The van der Waals surface area contributed by atoms with Gasteiger partial charge in [-0.15, -0.1) is 11.3 Å². The zero-order valence-electron chi connectivity index (χ0n) is 12.6. The average Bonchev–Trinajstić information content (AvgIpc) is 3.33. The van der Waals surface area contributed by atoms with E-state index >= 15 is 0 Å². The van der Waals surface area contributed by atoms with Gasteiger partial charge in [0.15, 0.2) is 5.60 Å². The van der Waals surface area contributed by atoms with Crippen molar-refractivity contribution in [2.24, 2.45) is 0 Å². The van der Waals surface area contributed by atoms with Crippen LogP contribution in [0.3, 0.4) is 0 Å². The lowest BCUT2D eigenvalue weighted by Crippen LogP contribution is -2.41. The van der Waals surface area contributed by atoms with Gasteiger partial charge in [0.25, 0.3) is 5.91 Å². The smallest absolute Gasteiger partial charge is 0.251 e. The highest BCUT2D eigenvalue weighted by molar-refractivity contribution is 7.10. The maximum atomic E-state index is 12.3. The summed E-state index contributed by atoms with van der Waals surface area (Å²) in [5.41, 5.74) is -0.676. The Kier molecular flexibility index (Phi) is 4.47. The van der Waals surface area contributed by atoms with Crippen LogP contribution >= 0.6 is 11.3 Å². The molecular formula is C18H14N2O3S. The Labute approximate surface area is 142 Å². The molecule has 0 bridgehead atoms. The molecule has 0 saturated carbocycles. The maximum Gasteiger partial charge on any atom is 0.251 e. The second-order valence-electron chi connectivity index (χ2n) is 5.19. The van der Waals surface area contributed by atoms with Crippen molar-refractivity contribution in [2.45, 2.75) is 5.60 Å². The van der Waals surface area contributed by atoms with Crippen molar-refractivity contribution >= 4 is 17.2 Å². The molecule has 0 aliphatic rings. The summed E-state index contributed by atoms with van der Waals surface area (Å²) in [7, 11) is 0. The van der Waals surface area contributed by atoms with E-state index < -0.39 is 5.60 Å². The number of hydrogen-bond acceptors (Lipinski definition) is 5. The van der Waals surface area contributed by atoms with E-state index in [-0.39, 0.29) is 12.5 Å². The summed E-state index contributed by atoms with van der Waals surface area (Å²) >= 11 is 1.38. The van der Waals surface area contributed by atoms with Crippen molar-refractivity contribution in [1.82, 2.24) is 5.32 Å². The van der Waals surface area contributed by atoms with Gasteiger partial charge in [0.05, 0.1) is 24.4 Å². The van der Waals surface area contributed by atoms with Crippen molar-refractivity contribution in [2.75, 3.05) is 6.54 Å². The minimum absolute atomic E-state index is 0.0450. The number of rotatable bonds is 5. The Hall–Kier alpha value is -2.88. The Morgan fingerprint density at radius 1 is 1.29 bits per heavy atom. The quantitative estimate of drug-likeness (QED) is 0.749. The first-order chi connectivity index (χ1) is 11.6. The molecule has 0 saturated heterocycles. The van der Waals surface area contributed by atoms with Gasteiger partial charge < -0.3 is 14.8 Å². The van der Waals surface area contributed by atoms with Crippen molar-refractivity contribution < 1.29 is 14.3 Å². The van der Waals surface area contributed by atoms with Gasteiger partial charge in [0.2, 0.25) is 0 Å². The predicted molar refractivity (Wildman–Crippen MR) is 89.5 cm³/mol. The molecule has 0 fully saturated rings. The molecule has 0 aliphatic heterocycles. The van der Waals surface area contributed by atoms with Gasteiger partial charge in [-0.1, -0.05) is 12.1 Å². The van der Waals surface area contributed by atoms with E-state index in [1.807, 2.05) is 17.5 Å². The third-order valence-electron chi connectivity index (χ3n) is 3.62. The SMILES string of the molecule is N#Cc1cccc(C(=O)NC[C@](O)(c2ccco2)c2cccs2)c1. The number of nitriles is 1. The summed E-state index contributed by atoms with van der Waals surface area (Å²) in [6.45, 7) is -0.0450. The Morgan fingerprint density at radius 2 is 2.17 bits per heavy atom. The highest BCUT2D eigenvalue weighted by atomic mass is 32.1. The van der Waals surface area contributed by atoms with Gasteiger partial charge in [0.1, 0.15) is 5.76 Å². The molecule has 5 nitrogen and oxygen atoms in total. The van der Waals surface area contributed by atoms with Crippen molar-refractivity contribution in [3.63, 3.8) is 0 Å². The number of aliphatic hydroxyl groups is 1. The van der Waals surface area contributed by atoms with Gasteiger partial charge in [-0.2, -0.15) is 5.26 Å². The molecule has 1 amide bonds. The standard InChI is InChI=1S/C18H14N2O3S/c19-11-13-4-1-5-14(10-13)17(21)20-12-18(22,15-6-2-8-23-15)16-7-3-9-24-16/h1-10,22H,12H2,(H,20,21)/t18-/m0/s1. The minimum atomic E-state index is -1.44. The van der Waals surface area contributed by atoms with E-state index in [2.05, 4.69) is 5.32 Å². The van der Waals surface area contributed by atoms with Crippen LogP contribution in [0, 0.1) is 11.3 Å². The summed E-state index contributed by atoms with van der Waals surface area (Å²) in [6.07, 6.45) is 1.48. The number of carbonyl (C=O) groups excluding carboxylic acids is 1. The molecule has 24 heavy (non-hydrogen) atoms. The van der Waals surface area contributed by atoms with Crippen molar-refractivity contribution in [3.8, 4) is 6.07 Å². The predicted octanol–water partition coefficient (Wildman–Crippen LogP) is 2.88. The molecule has 120 valence electrons. The summed E-state index contributed by atoms with van der Waals surface area (Å²) in [5.74, 6) is -0.00957. The second kappa shape index (κ2) is 6.71. The number of thiophene rings is 1. The monoisotopic (exact) mass is 338 g/mol. The number of nitrogens with zero attached hydrogens (tertiary/aromatic N) is 1. The summed E-state index contributed by atoms with van der Waals surface area (Å²) in [6, 6.07) is 15.4. The number of furan rings is 1. The van der Waals surface area contributed by atoms with Crippen LogP contribution in [-0.4, -0.2) is 17.6 Å². The fourth-order valence-corrected chi connectivity index (χ4v) is 3.19. The number of nitrogens with one attached hydrogen (secondary N) is 1. The van der Waals surface area contributed by atoms with Gasteiger partial charge in [-0.05, 0) is 41.8 Å². The Bertz CT molecular complexity index is 830. The zero-order valence-corrected chi connectivity index (χ0v) is 13.4. The van der Waals surface area contributed by atoms with Crippen LogP contribution < -0.4 is 5.32 Å². The first-order valence-electron chi connectivity index (χ1n) is 7.22. The minimum Gasteiger partial charge on any atom is -0.466 e. The summed E-state index contributed by atoms with van der Waals surface area (Å²) in [5, 5.41) is 24.6. The lowest BCUT2D eigenvalue weighted by molar-refractivity contribution is 0.0554. The molecule has 0 radical (unpaired) electrons. The number of carbonyl (C=O) groups is 1. The fraction of sp³-hybridized carbons (Fsp3) is 0.111. The molecule has 3 aromatic rings. The number of benzene rings is 1. The van der Waals surface area contributed by atoms with Crippen LogP contribution in [0.4, 0.5) is 0 Å². The van der Waals surface area contributed by atoms with Gasteiger partial charge in [0, 0.05) is 10.4 Å². The van der Waals surface area contributed by atoms with E-state index in [0.717, 1.165) is 0 Å². The Morgan fingerprint density at radius 3 is 2.83 bits per heavy atom. The molecule has 0 aliphatic carbocycles. The van der Waals surface area contributed by atoms with Gasteiger partial charge >= 0.3 is 0 Å². The van der Waals surface area contributed by atoms with Crippen molar-refractivity contribution in [1.29, 1.82) is 5.26 Å². The third-order valence-corrected chi connectivity index (χ3v) is 4.64. The zero-order chi connectivity index (χ0) is 17.0. The van der Waals surface area contributed by atoms with E-state index in [4.69, 9.17) is 9.68 Å². The average molecular weight is 338 g/mol. The van der Waals surface area contributed by atoms with Crippen molar-refractivity contribution in [3.05, 3.63) is 81.9 Å².